The number of nitrogens with zero attached hydrogens (tertiary/aromatic N) is 1. The molecule has 128 valence electrons. The first-order chi connectivity index (χ1) is 10.7. The van der Waals surface area contributed by atoms with E-state index < -0.39 is 0 Å². The highest BCUT2D eigenvalue weighted by Crippen LogP contribution is 2.33. The number of carbonyl (C=O) groups excluding carboxylic acids is 1. The lowest BCUT2D eigenvalue weighted by atomic mass is 10.1. The molecule has 1 saturated heterocycles. The van der Waals surface area contributed by atoms with Crippen LogP contribution in [0.3, 0.4) is 0 Å². The molecular weight excluding hydrogens is 316 g/mol. The van der Waals surface area contributed by atoms with Crippen LogP contribution in [0.4, 0.5) is 0 Å². The second kappa shape index (κ2) is 7.99. The zero-order chi connectivity index (χ0) is 15.5. The Balaban J connectivity index is 0.00000192. The molecule has 2 aliphatic rings. The van der Waals surface area contributed by atoms with Crippen LogP contribution in [0.15, 0.2) is 24.3 Å². The highest BCUT2D eigenvalue weighted by molar-refractivity contribution is 5.85. The van der Waals surface area contributed by atoms with Gasteiger partial charge in [-0.3, -0.25) is 4.79 Å². The van der Waals surface area contributed by atoms with Crippen molar-refractivity contribution in [2.24, 2.45) is 5.73 Å². The van der Waals surface area contributed by atoms with Crippen LogP contribution in [0.1, 0.15) is 31.2 Å². The molecule has 2 N–H and O–H groups in total. The van der Waals surface area contributed by atoms with Crippen LogP contribution >= 0.6 is 12.4 Å². The molecule has 0 unspecified atom stereocenters. The monoisotopic (exact) mass is 340 g/mol. The summed E-state index contributed by atoms with van der Waals surface area (Å²) in [7, 11) is 1.66. The van der Waals surface area contributed by atoms with Gasteiger partial charge >= 0.3 is 0 Å². The van der Waals surface area contributed by atoms with Crippen molar-refractivity contribution in [3.63, 3.8) is 0 Å². The first-order valence-electron chi connectivity index (χ1n) is 8.01. The Bertz CT molecular complexity index is 536. The third-order valence-electron chi connectivity index (χ3n) is 4.45. The number of hydrogen-bond donors (Lipinski definition) is 1. The Labute approximate surface area is 143 Å². The maximum Gasteiger partial charge on any atom is 0.252 e. The molecule has 0 radical (unpaired) electrons. The van der Waals surface area contributed by atoms with E-state index in [0.29, 0.717) is 19.1 Å². The molecule has 1 aliphatic heterocycles. The number of carbonyl (C=O) groups is 1. The number of ether oxygens (including phenoxy) is 2. The first-order valence-corrected chi connectivity index (χ1v) is 8.01. The highest BCUT2D eigenvalue weighted by atomic mass is 35.5. The summed E-state index contributed by atoms with van der Waals surface area (Å²) >= 11 is 0. The van der Waals surface area contributed by atoms with Crippen molar-refractivity contribution in [2.75, 3.05) is 13.7 Å². The van der Waals surface area contributed by atoms with Crippen LogP contribution < -0.4 is 10.5 Å². The molecule has 1 amide bonds. The van der Waals surface area contributed by atoms with Crippen LogP contribution in [0.2, 0.25) is 0 Å². The van der Waals surface area contributed by atoms with Gasteiger partial charge in [-0.1, -0.05) is 18.2 Å². The Morgan fingerprint density at radius 2 is 2.04 bits per heavy atom. The van der Waals surface area contributed by atoms with Crippen molar-refractivity contribution in [2.45, 2.75) is 50.5 Å². The fraction of sp³-hybridized carbons (Fsp3) is 0.588. The van der Waals surface area contributed by atoms with Crippen LogP contribution in [0.5, 0.6) is 5.75 Å². The van der Waals surface area contributed by atoms with E-state index in [1.807, 2.05) is 29.2 Å². The fourth-order valence-corrected chi connectivity index (χ4v) is 3.04. The lowest BCUT2D eigenvalue weighted by molar-refractivity contribution is -0.144. The summed E-state index contributed by atoms with van der Waals surface area (Å²) in [5.74, 6) is 0.928. The number of methoxy groups -OCH3 is 1. The summed E-state index contributed by atoms with van der Waals surface area (Å²) in [6.07, 6.45) is 3.50. The molecule has 0 spiro atoms. The van der Waals surface area contributed by atoms with Gasteiger partial charge in [-0.05, 0) is 31.7 Å². The minimum Gasteiger partial charge on any atom is -0.496 e. The number of amides is 1. The van der Waals surface area contributed by atoms with Crippen molar-refractivity contribution in [3.05, 3.63) is 29.8 Å². The number of para-hydroxylation sites is 1. The number of nitrogens with two attached hydrogens (primary N) is 1. The Hall–Kier alpha value is -1.30. The summed E-state index contributed by atoms with van der Waals surface area (Å²) in [6, 6.07) is 8.21. The van der Waals surface area contributed by atoms with Gasteiger partial charge in [0, 0.05) is 24.7 Å². The first kappa shape index (κ1) is 18.0. The summed E-state index contributed by atoms with van der Waals surface area (Å²) in [4.78, 5) is 14.8. The summed E-state index contributed by atoms with van der Waals surface area (Å²) in [5.41, 5.74) is 6.68. The minimum absolute atomic E-state index is 0. The Morgan fingerprint density at radius 1 is 1.30 bits per heavy atom. The number of hydrogen-bond acceptors (Lipinski definition) is 4. The van der Waals surface area contributed by atoms with E-state index in [2.05, 4.69) is 0 Å². The largest absolute Gasteiger partial charge is 0.496 e. The molecule has 1 aliphatic carbocycles. The molecule has 3 rings (SSSR count). The van der Waals surface area contributed by atoms with Gasteiger partial charge < -0.3 is 20.1 Å². The van der Waals surface area contributed by atoms with Gasteiger partial charge in [-0.2, -0.15) is 0 Å². The normalized spacial score (nSPS) is 23.2. The molecule has 0 bridgehead atoms. The lowest BCUT2D eigenvalue weighted by Gasteiger charge is -2.26. The number of rotatable bonds is 6. The fourth-order valence-electron chi connectivity index (χ4n) is 3.04. The molecule has 2 fully saturated rings. The van der Waals surface area contributed by atoms with Crippen molar-refractivity contribution in [1.29, 1.82) is 0 Å². The quantitative estimate of drug-likeness (QED) is 0.861. The van der Waals surface area contributed by atoms with Gasteiger partial charge in [0.1, 0.15) is 11.9 Å². The third kappa shape index (κ3) is 4.16. The van der Waals surface area contributed by atoms with Gasteiger partial charge in [-0.25, -0.2) is 0 Å². The van der Waals surface area contributed by atoms with Gasteiger partial charge in [0.15, 0.2) is 0 Å². The van der Waals surface area contributed by atoms with Gasteiger partial charge in [-0.15, -0.1) is 12.4 Å². The van der Waals surface area contributed by atoms with E-state index in [9.17, 15) is 4.79 Å². The predicted octanol–water partition coefficient (Wildman–Crippen LogP) is 2.11. The van der Waals surface area contributed by atoms with Crippen molar-refractivity contribution >= 4 is 18.3 Å². The highest BCUT2D eigenvalue weighted by Gasteiger charge is 2.39. The number of benzene rings is 1. The van der Waals surface area contributed by atoms with E-state index in [1.54, 1.807) is 7.11 Å². The average Bonchev–Trinajstić information content (AvgIpc) is 3.28. The molecule has 5 nitrogen and oxygen atoms in total. The van der Waals surface area contributed by atoms with Crippen molar-refractivity contribution in [1.82, 2.24) is 4.90 Å². The van der Waals surface area contributed by atoms with Crippen LogP contribution in [-0.4, -0.2) is 42.7 Å². The summed E-state index contributed by atoms with van der Waals surface area (Å²) < 4.78 is 11.2. The van der Waals surface area contributed by atoms with Crippen molar-refractivity contribution < 1.29 is 14.3 Å². The maximum absolute atomic E-state index is 12.8. The van der Waals surface area contributed by atoms with Gasteiger partial charge in [0.05, 0.1) is 13.2 Å². The molecule has 1 saturated carbocycles. The second-order valence-electron chi connectivity index (χ2n) is 6.07. The van der Waals surface area contributed by atoms with Crippen LogP contribution in [-0.2, 0) is 16.1 Å². The van der Waals surface area contributed by atoms with Crippen LogP contribution in [0.25, 0.3) is 0 Å². The van der Waals surface area contributed by atoms with Crippen LogP contribution in [0, 0.1) is 0 Å². The smallest absolute Gasteiger partial charge is 0.252 e. The molecule has 0 aromatic heterocycles. The molecule has 23 heavy (non-hydrogen) atoms. The molecule has 1 aromatic rings. The predicted molar refractivity (Wildman–Crippen MR) is 90.8 cm³/mol. The Kier molecular flexibility index (Phi) is 6.27. The molecule has 6 heteroatoms. The van der Waals surface area contributed by atoms with Gasteiger partial charge in [0.2, 0.25) is 0 Å². The zero-order valence-electron chi connectivity index (χ0n) is 13.4. The van der Waals surface area contributed by atoms with Crippen molar-refractivity contribution in [3.8, 4) is 5.75 Å². The third-order valence-corrected chi connectivity index (χ3v) is 4.45. The standard InChI is InChI=1S/C17H24N2O3.ClH/c1-21-15-5-3-2-4-12(15)11-19(13-6-7-13)17(20)16-9-8-14(10-18)22-16;/h2-5,13-14,16H,6-11,18H2,1H3;1H/t14-,16+;/m1./s1. The topological polar surface area (TPSA) is 64.8 Å². The summed E-state index contributed by atoms with van der Waals surface area (Å²) in [5, 5.41) is 0. The minimum atomic E-state index is -0.330. The van der Waals surface area contributed by atoms with E-state index in [1.165, 1.54) is 0 Å². The zero-order valence-corrected chi connectivity index (χ0v) is 14.3. The Morgan fingerprint density at radius 3 is 2.65 bits per heavy atom. The molecule has 1 heterocycles. The van der Waals surface area contributed by atoms with Gasteiger partial charge in [0.25, 0.3) is 5.91 Å². The lowest BCUT2D eigenvalue weighted by Crippen LogP contribution is -2.40. The molecule has 2 atom stereocenters. The second-order valence-corrected chi connectivity index (χ2v) is 6.07. The maximum atomic E-state index is 12.8. The molecular formula is C17H25ClN2O3. The van der Waals surface area contributed by atoms with E-state index >= 15 is 0 Å². The average molecular weight is 341 g/mol. The number of halogens is 1. The SMILES string of the molecule is COc1ccccc1CN(C(=O)[C@@H]1CC[C@H](CN)O1)C1CC1.Cl. The summed E-state index contributed by atoms with van der Waals surface area (Å²) in [6.45, 7) is 1.07. The molecule has 1 aromatic carbocycles. The van der Waals surface area contributed by atoms with E-state index in [-0.39, 0.29) is 30.5 Å². The van der Waals surface area contributed by atoms with E-state index in [4.69, 9.17) is 15.2 Å². The van der Waals surface area contributed by atoms with E-state index in [0.717, 1.165) is 37.0 Å².